The lowest BCUT2D eigenvalue weighted by atomic mass is 10.3. The van der Waals surface area contributed by atoms with Crippen LogP contribution in [-0.4, -0.2) is 19.3 Å². The van der Waals surface area contributed by atoms with Crippen LogP contribution in [0.25, 0.3) is 0 Å². The van der Waals surface area contributed by atoms with Crippen LogP contribution in [0.3, 0.4) is 0 Å². The summed E-state index contributed by atoms with van der Waals surface area (Å²) in [5, 5.41) is 0. The third kappa shape index (κ3) is 3.28. The molecule has 0 spiro atoms. The number of rotatable bonds is 5. The predicted octanol–water partition coefficient (Wildman–Crippen LogP) is 3.86. The van der Waals surface area contributed by atoms with Gasteiger partial charge in [0.15, 0.2) is 0 Å². The molecular formula is C13H13BrFNO2S2. The van der Waals surface area contributed by atoms with E-state index < -0.39 is 15.8 Å². The smallest absolute Gasteiger partial charge is 0.207 e. The number of nitrogens with zero attached hydrogens (tertiary/aromatic N) is 1. The molecule has 1 heterocycles. The molecule has 0 saturated carbocycles. The van der Waals surface area contributed by atoms with Crippen molar-refractivity contribution in [3.63, 3.8) is 0 Å². The maximum atomic E-state index is 13.7. The number of hydrogen-bond donors (Lipinski definition) is 0. The standard InChI is InChI=1S/C13H13BrFNO2S2/c1-2-16(9-10-7-8-13(14)19-10)20(17,18)12-6-4-3-5-11(12)15/h3-8H,2,9H2,1H3. The summed E-state index contributed by atoms with van der Waals surface area (Å²) in [7, 11) is -3.82. The van der Waals surface area contributed by atoms with E-state index in [1.54, 1.807) is 6.92 Å². The molecule has 0 unspecified atom stereocenters. The largest absolute Gasteiger partial charge is 0.246 e. The predicted molar refractivity (Wildman–Crippen MR) is 81.7 cm³/mol. The van der Waals surface area contributed by atoms with Crippen LogP contribution in [0.1, 0.15) is 11.8 Å². The van der Waals surface area contributed by atoms with Gasteiger partial charge in [0, 0.05) is 18.0 Å². The Morgan fingerprint density at radius 2 is 1.95 bits per heavy atom. The molecule has 2 rings (SSSR count). The lowest BCUT2D eigenvalue weighted by Gasteiger charge is -2.20. The van der Waals surface area contributed by atoms with Crippen LogP contribution in [-0.2, 0) is 16.6 Å². The Bertz CT molecular complexity index is 700. The van der Waals surface area contributed by atoms with Crippen LogP contribution in [0.4, 0.5) is 4.39 Å². The molecule has 2 aromatic rings. The van der Waals surface area contributed by atoms with Crippen molar-refractivity contribution in [2.24, 2.45) is 0 Å². The van der Waals surface area contributed by atoms with Crippen molar-refractivity contribution in [2.45, 2.75) is 18.4 Å². The zero-order chi connectivity index (χ0) is 14.8. The molecule has 0 saturated heterocycles. The third-order valence-electron chi connectivity index (χ3n) is 2.77. The Hall–Kier alpha value is -0.760. The number of benzene rings is 1. The summed E-state index contributed by atoms with van der Waals surface area (Å²) < 4.78 is 40.9. The molecule has 0 fully saturated rings. The Kier molecular flexibility index (Phi) is 4.95. The second-order valence-electron chi connectivity index (χ2n) is 4.07. The zero-order valence-electron chi connectivity index (χ0n) is 10.7. The molecule has 3 nitrogen and oxygen atoms in total. The van der Waals surface area contributed by atoms with Crippen LogP contribution >= 0.6 is 27.3 Å². The number of hydrogen-bond acceptors (Lipinski definition) is 3. The fraction of sp³-hybridized carbons (Fsp3) is 0.231. The van der Waals surface area contributed by atoms with E-state index in [9.17, 15) is 12.8 Å². The van der Waals surface area contributed by atoms with Gasteiger partial charge in [-0.2, -0.15) is 4.31 Å². The Balaban J connectivity index is 2.33. The lowest BCUT2D eigenvalue weighted by Crippen LogP contribution is -2.30. The molecule has 0 aliphatic carbocycles. The van der Waals surface area contributed by atoms with Crippen LogP contribution in [0.2, 0.25) is 0 Å². The molecular weight excluding hydrogens is 365 g/mol. The summed E-state index contributed by atoms with van der Waals surface area (Å²) in [5.41, 5.74) is 0. The first-order valence-corrected chi connectivity index (χ1v) is 8.99. The average Bonchev–Trinajstić information content (AvgIpc) is 2.81. The highest BCUT2D eigenvalue weighted by atomic mass is 79.9. The van der Waals surface area contributed by atoms with Crippen LogP contribution in [0, 0.1) is 5.82 Å². The van der Waals surface area contributed by atoms with E-state index in [-0.39, 0.29) is 18.0 Å². The van der Waals surface area contributed by atoms with Gasteiger partial charge in [-0.15, -0.1) is 11.3 Å². The van der Waals surface area contributed by atoms with E-state index in [4.69, 9.17) is 0 Å². The van der Waals surface area contributed by atoms with Crippen molar-refractivity contribution in [1.29, 1.82) is 0 Å². The molecule has 0 amide bonds. The minimum atomic E-state index is -3.82. The molecule has 108 valence electrons. The van der Waals surface area contributed by atoms with Gasteiger partial charge in [-0.3, -0.25) is 0 Å². The SMILES string of the molecule is CCN(Cc1ccc(Br)s1)S(=O)(=O)c1ccccc1F. The van der Waals surface area contributed by atoms with E-state index >= 15 is 0 Å². The summed E-state index contributed by atoms with van der Waals surface area (Å²) in [6, 6.07) is 9.16. The van der Waals surface area contributed by atoms with E-state index in [1.807, 2.05) is 12.1 Å². The number of halogens is 2. The summed E-state index contributed by atoms with van der Waals surface area (Å²) >= 11 is 4.81. The molecule has 20 heavy (non-hydrogen) atoms. The van der Waals surface area contributed by atoms with Gasteiger partial charge < -0.3 is 0 Å². The first kappa shape index (κ1) is 15.6. The van der Waals surface area contributed by atoms with Gasteiger partial charge in [0.25, 0.3) is 0 Å². The number of sulfonamides is 1. The minimum absolute atomic E-state index is 0.240. The molecule has 0 radical (unpaired) electrons. The molecule has 1 aromatic heterocycles. The van der Waals surface area contributed by atoms with Gasteiger partial charge in [-0.1, -0.05) is 19.1 Å². The maximum absolute atomic E-state index is 13.7. The summed E-state index contributed by atoms with van der Waals surface area (Å²) in [5.74, 6) is -0.724. The first-order valence-electron chi connectivity index (χ1n) is 5.94. The Morgan fingerprint density at radius 1 is 1.25 bits per heavy atom. The van der Waals surface area contributed by atoms with Crippen molar-refractivity contribution in [2.75, 3.05) is 6.54 Å². The molecule has 0 aliphatic heterocycles. The normalized spacial score (nSPS) is 12.0. The summed E-state index contributed by atoms with van der Waals surface area (Å²) in [6.07, 6.45) is 0. The van der Waals surface area contributed by atoms with Crippen molar-refractivity contribution < 1.29 is 12.8 Å². The third-order valence-corrected chi connectivity index (χ3v) is 6.33. The molecule has 7 heteroatoms. The summed E-state index contributed by atoms with van der Waals surface area (Å²) in [4.78, 5) is 0.621. The van der Waals surface area contributed by atoms with Crippen molar-refractivity contribution in [3.8, 4) is 0 Å². The van der Waals surface area contributed by atoms with Crippen LogP contribution < -0.4 is 0 Å². The van der Waals surface area contributed by atoms with Gasteiger partial charge in [-0.25, -0.2) is 12.8 Å². The highest BCUT2D eigenvalue weighted by Gasteiger charge is 2.26. The fourth-order valence-corrected chi connectivity index (χ4v) is 4.84. The molecule has 0 bridgehead atoms. The monoisotopic (exact) mass is 377 g/mol. The minimum Gasteiger partial charge on any atom is -0.207 e. The topological polar surface area (TPSA) is 37.4 Å². The lowest BCUT2D eigenvalue weighted by molar-refractivity contribution is 0.422. The summed E-state index contributed by atoms with van der Waals surface area (Å²) in [6.45, 7) is 2.26. The number of thiophene rings is 1. The molecule has 0 aliphatic rings. The van der Waals surface area contributed by atoms with E-state index in [0.717, 1.165) is 14.7 Å². The van der Waals surface area contributed by atoms with Crippen LogP contribution in [0.5, 0.6) is 0 Å². The second-order valence-corrected chi connectivity index (χ2v) is 8.52. The van der Waals surface area contributed by atoms with Gasteiger partial charge in [0.1, 0.15) is 10.7 Å². The first-order chi connectivity index (χ1) is 9.45. The highest BCUT2D eigenvalue weighted by Crippen LogP contribution is 2.26. The average molecular weight is 378 g/mol. The Morgan fingerprint density at radius 3 is 2.50 bits per heavy atom. The van der Waals surface area contributed by atoms with Gasteiger partial charge in [0.05, 0.1) is 3.79 Å². The van der Waals surface area contributed by atoms with Gasteiger partial charge in [0.2, 0.25) is 10.0 Å². The molecule has 0 N–H and O–H groups in total. The van der Waals surface area contributed by atoms with E-state index in [2.05, 4.69) is 15.9 Å². The fourth-order valence-electron chi connectivity index (χ4n) is 1.77. The van der Waals surface area contributed by atoms with E-state index in [1.165, 1.54) is 33.8 Å². The second kappa shape index (κ2) is 6.34. The van der Waals surface area contributed by atoms with E-state index in [0.29, 0.717) is 0 Å². The molecule has 0 atom stereocenters. The van der Waals surface area contributed by atoms with Crippen LogP contribution in [0.15, 0.2) is 45.1 Å². The maximum Gasteiger partial charge on any atom is 0.246 e. The van der Waals surface area contributed by atoms with Crippen molar-refractivity contribution in [1.82, 2.24) is 4.31 Å². The quantitative estimate of drug-likeness (QED) is 0.793. The molecule has 1 aromatic carbocycles. The zero-order valence-corrected chi connectivity index (χ0v) is 13.9. The van der Waals surface area contributed by atoms with Crippen molar-refractivity contribution >= 4 is 37.3 Å². The van der Waals surface area contributed by atoms with Gasteiger partial charge >= 0.3 is 0 Å². The Labute approximate surface area is 130 Å². The van der Waals surface area contributed by atoms with Gasteiger partial charge in [-0.05, 0) is 40.2 Å². The highest BCUT2D eigenvalue weighted by molar-refractivity contribution is 9.11. The van der Waals surface area contributed by atoms with Crippen molar-refractivity contribution in [3.05, 3.63) is 50.9 Å².